The average Bonchev–Trinajstić information content (AvgIpc) is 1.90. The van der Waals surface area contributed by atoms with Crippen LogP contribution < -0.4 is 29.6 Å². The van der Waals surface area contributed by atoms with Crippen LogP contribution >= 0.6 is 0 Å². The molecule has 5 heteroatoms. The second kappa shape index (κ2) is 4.85. The van der Waals surface area contributed by atoms with Gasteiger partial charge in [0.2, 0.25) is 0 Å². The molecule has 0 aromatic carbocycles. The van der Waals surface area contributed by atoms with E-state index in [9.17, 15) is 8.42 Å². The van der Waals surface area contributed by atoms with Crippen molar-refractivity contribution in [3.63, 3.8) is 0 Å². The normalized spacial score (nSPS) is 8.90. The molecule has 0 aliphatic carbocycles. The van der Waals surface area contributed by atoms with Gasteiger partial charge in [0.25, 0.3) is 0 Å². The van der Waals surface area contributed by atoms with Crippen LogP contribution in [0.2, 0.25) is 0 Å². The van der Waals surface area contributed by atoms with Gasteiger partial charge in [0.15, 0.2) is 0 Å². The van der Waals surface area contributed by atoms with Gasteiger partial charge in [0.1, 0.15) is 0 Å². The van der Waals surface area contributed by atoms with E-state index in [0.717, 1.165) is 0 Å². The Morgan fingerprint density at radius 3 is 2.30 bits per heavy atom. The zero-order valence-corrected chi connectivity index (χ0v) is 8.30. The monoisotopic (exact) mass is 165 g/mol. The molecule has 0 spiro atoms. The summed E-state index contributed by atoms with van der Waals surface area (Å²) in [5.74, 6) is 0. The van der Waals surface area contributed by atoms with Crippen molar-refractivity contribution in [3.8, 4) is 0 Å². The number of aromatic nitrogens is 1. The van der Waals surface area contributed by atoms with Crippen molar-refractivity contribution in [2.24, 2.45) is 0 Å². The Kier molecular flexibility index (Phi) is 4.89. The molecule has 1 aromatic rings. The molecule has 3 nitrogen and oxygen atoms in total. The number of hydrogen-bond donors (Lipinski definition) is 0. The van der Waals surface area contributed by atoms with Gasteiger partial charge < -0.3 is 8.42 Å². The standard InChI is InChI=1S/C5H4NO2S.Na/c7-9(8)5-3-1-2-4-6-5;/h1-4H;/q-1;+1. The largest absolute Gasteiger partial charge is 1.00 e. The summed E-state index contributed by atoms with van der Waals surface area (Å²) in [6, 6.07) is 4.72. The minimum atomic E-state index is -2.19. The summed E-state index contributed by atoms with van der Waals surface area (Å²) in [5, 5.41) is 0.0810. The van der Waals surface area contributed by atoms with Crippen LogP contribution in [-0.2, 0) is 19.1 Å². The third kappa shape index (κ3) is 2.79. The zero-order chi connectivity index (χ0) is 6.69. The quantitative estimate of drug-likeness (QED) is 0.349. The fourth-order valence-electron chi connectivity index (χ4n) is 0.446. The topological polar surface area (TPSA) is 47.0 Å². The van der Waals surface area contributed by atoms with E-state index in [2.05, 4.69) is 4.98 Å². The van der Waals surface area contributed by atoms with Crippen LogP contribution in [0.25, 0.3) is 0 Å². The molecule has 1 heterocycles. The summed E-state index contributed by atoms with van der Waals surface area (Å²) < 4.78 is 20.3. The minimum Gasteiger partial charge on any atom is -0.418 e. The van der Waals surface area contributed by atoms with Gasteiger partial charge in [0.05, 0.1) is 0 Å². The van der Waals surface area contributed by atoms with Crippen LogP contribution in [0.4, 0.5) is 0 Å². The van der Waals surface area contributed by atoms with Crippen molar-refractivity contribution in [1.82, 2.24) is 4.98 Å². The summed E-state index contributed by atoms with van der Waals surface area (Å²) in [6.07, 6.45) is 1.44. The maximum atomic E-state index is 10.1. The fraction of sp³-hybridized carbons (Fsp3) is 0. The molecule has 48 valence electrons. The Balaban J connectivity index is 0.000000810. The first-order valence-electron chi connectivity index (χ1n) is 2.31. The summed E-state index contributed by atoms with van der Waals surface area (Å²) in [4.78, 5) is 3.57. The fourth-order valence-corrected chi connectivity index (χ4v) is 0.782. The summed E-state index contributed by atoms with van der Waals surface area (Å²) in [6.45, 7) is 0. The number of nitrogens with zero attached hydrogens (tertiary/aromatic N) is 1. The molecule has 0 unspecified atom stereocenters. The minimum absolute atomic E-state index is 0. The van der Waals surface area contributed by atoms with E-state index in [0.29, 0.717) is 0 Å². The molecule has 0 N–H and O–H groups in total. The smallest absolute Gasteiger partial charge is 0.418 e. The van der Waals surface area contributed by atoms with E-state index in [1.807, 2.05) is 0 Å². The van der Waals surface area contributed by atoms with Crippen LogP contribution in [0.15, 0.2) is 29.4 Å². The van der Waals surface area contributed by atoms with E-state index in [4.69, 9.17) is 0 Å². The number of pyridine rings is 1. The van der Waals surface area contributed by atoms with E-state index in [1.54, 1.807) is 12.1 Å². The predicted molar refractivity (Wildman–Crippen MR) is 31.2 cm³/mol. The molecule has 0 bridgehead atoms. The van der Waals surface area contributed by atoms with Crippen molar-refractivity contribution in [2.75, 3.05) is 0 Å². The van der Waals surface area contributed by atoms with Crippen LogP contribution in [0.3, 0.4) is 0 Å². The van der Waals surface area contributed by atoms with Crippen molar-refractivity contribution in [2.45, 2.75) is 5.03 Å². The third-order valence-electron chi connectivity index (χ3n) is 0.809. The van der Waals surface area contributed by atoms with Gasteiger partial charge in [-0.15, -0.1) is 0 Å². The molecule has 0 aliphatic rings. The molecule has 0 amide bonds. The Morgan fingerprint density at radius 2 is 2.00 bits per heavy atom. The van der Waals surface area contributed by atoms with Crippen LogP contribution in [0.5, 0.6) is 0 Å². The number of rotatable bonds is 1. The van der Waals surface area contributed by atoms with E-state index < -0.39 is 10.7 Å². The molecular formula is C5H4NNaO2S. The van der Waals surface area contributed by atoms with Gasteiger partial charge in [-0.05, 0) is 16.8 Å². The Hall–Kier alpha value is 0.1000. The summed E-state index contributed by atoms with van der Waals surface area (Å²) in [5.41, 5.74) is 0. The van der Waals surface area contributed by atoms with Crippen molar-refractivity contribution < 1.29 is 38.0 Å². The second-order valence-electron chi connectivity index (χ2n) is 1.40. The second-order valence-corrected chi connectivity index (χ2v) is 2.29. The van der Waals surface area contributed by atoms with Crippen molar-refractivity contribution in [3.05, 3.63) is 24.4 Å². The van der Waals surface area contributed by atoms with E-state index in [-0.39, 0.29) is 34.6 Å². The summed E-state index contributed by atoms with van der Waals surface area (Å²) >= 11 is 0. The SMILES string of the molecule is O=[S-](=O)c1ccccn1.[Na+]. The van der Waals surface area contributed by atoms with Gasteiger partial charge in [-0.25, -0.2) is 0 Å². The third-order valence-corrected chi connectivity index (χ3v) is 1.39. The van der Waals surface area contributed by atoms with Gasteiger partial charge in [-0.1, -0.05) is 12.1 Å². The van der Waals surface area contributed by atoms with Crippen LogP contribution in [0.1, 0.15) is 0 Å². The van der Waals surface area contributed by atoms with E-state index in [1.165, 1.54) is 12.3 Å². The summed E-state index contributed by atoms with van der Waals surface area (Å²) in [7, 11) is -2.19. The first-order valence-corrected chi connectivity index (χ1v) is 3.38. The van der Waals surface area contributed by atoms with Gasteiger partial charge >= 0.3 is 29.6 Å². The van der Waals surface area contributed by atoms with E-state index >= 15 is 0 Å². The molecule has 0 saturated heterocycles. The Bertz CT molecular complexity index is 252. The predicted octanol–water partition coefficient (Wildman–Crippen LogP) is -2.25. The maximum absolute atomic E-state index is 10.1. The molecule has 10 heavy (non-hydrogen) atoms. The van der Waals surface area contributed by atoms with Crippen molar-refractivity contribution >= 4 is 10.7 Å². The van der Waals surface area contributed by atoms with Gasteiger partial charge in [0, 0.05) is 11.2 Å². The maximum Gasteiger partial charge on any atom is 1.00 e. The molecule has 1 aromatic heterocycles. The first-order chi connectivity index (χ1) is 4.30. The zero-order valence-electron chi connectivity index (χ0n) is 5.48. The molecular weight excluding hydrogens is 161 g/mol. The molecule has 0 atom stereocenters. The number of hydrogen-bond acceptors (Lipinski definition) is 4. The first kappa shape index (κ1) is 10.1. The van der Waals surface area contributed by atoms with Gasteiger partial charge in [-0.3, -0.25) is 4.98 Å². The molecule has 0 saturated carbocycles. The van der Waals surface area contributed by atoms with Crippen LogP contribution in [-0.4, -0.2) is 4.98 Å². The molecule has 1 rings (SSSR count). The Labute approximate surface area is 82.7 Å². The van der Waals surface area contributed by atoms with Crippen LogP contribution in [0, 0.1) is 0 Å². The van der Waals surface area contributed by atoms with Crippen molar-refractivity contribution in [1.29, 1.82) is 0 Å². The average molecular weight is 165 g/mol. The molecule has 0 aliphatic heterocycles. The Morgan fingerprint density at radius 1 is 1.30 bits per heavy atom. The molecule has 0 radical (unpaired) electrons. The molecule has 0 fully saturated rings. The van der Waals surface area contributed by atoms with Gasteiger partial charge in [-0.2, -0.15) is 0 Å².